The summed E-state index contributed by atoms with van der Waals surface area (Å²) < 4.78 is 0. The minimum absolute atomic E-state index is 0.766. The van der Waals surface area contributed by atoms with Gasteiger partial charge in [0.25, 0.3) is 0 Å². The summed E-state index contributed by atoms with van der Waals surface area (Å²) >= 11 is 0. The topological polar surface area (TPSA) is 15.3 Å². The number of nitrogens with one attached hydrogen (secondary N) is 1. The average molecular weight is 238 g/mol. The van der Waals surface area contributed by atoms with Crippen LogP contribution in [0.15, 0.2) is 0 Å². The Bertz CT molecular complexity index is 217. The van der Waals surface area contributed by atoms with Crippen LogP contribution in [0.3, 0.4) is 0 Å². The van der Waals surface area contributed by atoms with Gasteiger partial charge < -0.3 is 10.2 Å². The molecule has 1 saturated carbocycles. The molecule has 0 aromatic carbocycles. The number of hydrogen-bond acceptors (Lipinski definition) is 2. The van der Waals surface area contributed by atoms with Crippen molar-refractivity contribution in [3.8, 4) is 0 Å². The van der Waals surface area contributed by atoms with Gasteiger partial charge in [0.15, 0.2) is 0 Å². The molecule has 1 N–H and O–H groups in total. The van der Waals surface area contributed by atoms with E-state index in [-0.39, 0.29) is 0 Å². The molecule has 0 radical (unpaired) electrons. The first-order valence-corrected chi connectivity index (χ1v) is 7.73. The predicted octanol–water partition coefficient (Wildman–Crippen LogP) is 2.89. The number of nitrogens with zero attached hydrogens (tertiary/aromatic N) is 1. The van der Waals surface area contributed by atoms with Gasteiger partial charge in [0.05, 0.1) is 0 Å². The maximum atomic E-state index is 3.69. The van der Waals surface area contributed by atoms with Gasteiger partial charge in [0, 0.05) is 19.1 Å². The second-order valence-corrected chi connectivity index (χ2v) is 6.34. The monoisotopic (exact) mass is 238 g/mol. The molecule has 0 aromatic heterocycles. The van der Waals surface area contributed by atoms with Crippen LogP contribution in [0.1, 0.15) is 52.4 Å². The third kappa shape index (κ3) is 4.26. The van der Waals surface area contributed by atoms with Crippen molar-refractivity contribution in [2.45, 2.75) is 58.4 Å². The van der Waals surface area contributed by atoms with E-state index in [2.05, 4.69) is 24.1 Å². The number of rotatable bonds is 5. The molecular weight excluding hydrogens is 208 g/mol. The molecule has 1 heterocycles. The summed E-state index contributed by atoms with van der Waals surface area (Å²) in [5, 5.41) is 3.69. The van der Waals surface area contributed by atoms with Gasteiger partial charge in [-0.25, -0.2) is 0 Å². The molecule has 2 heteroatoms. The van der Waals surface area contributed by atoms with Crippen molar-refractivity contribution in [2.24, 2.45) is 11.8 Å². The Morgan fingerprint density at radius 2 is 2.12 bits per heavy atom. The molecule has 2 aliphatic rings. The fourth-order valence-corrected chi connectivity index (χ4v) is 3.59. The van der Waals surface area contributed by atoms with E-state index in [1.807, 2.05) is 0 Å². The smallest absolute Gasteiger partial charge is 0.0195 e. The van der Waals surface area contributed by atoms with Crippen molar-refractivity contribution in [1.82, 2.24) is 10.2 Å². The largest absolute Gasteiger partial charge is 0.313 e. The molecule has 2 nitrogen and oxygen atoms in total. The molecule has 0 amide bonds. The lowest BCUT2D eigenvalue weighted by Crippen LogP contribution is -2.47. The van der Waals surface area contributed by atoms with E-state index in [1.165, 1.54) is 64.7 Å². The summed E-state index contributed by atoms with van der Waals surface area (Å²) in [6.07, 6.45) is 8.46. The number of hydrogen-bond donors (Lipinski definition) is 1. The lowest BCUT2D eigenvalue weighted by atomic mass is 10.0. The zero-order chi connectivity index (χ0) is 12.1. The van der Waals surface area contributed by atoms with Gasteiger partial charge in [0.1, 0.15) is 0 Å². The van der Waals surface area contributed by atoms with Gasteiger partial charge in [-0.05, 0) is 57.0 Å². The Morgan fingerprint density at radius 3 is 2.82 bits per heavy atom. The van der Waals surface area contributed by atoms with E-state index < -0.39 is 0 Å². The first kappa shape index (κ1) is 13.4. The van der Waals surface area contributed by atoms with Gasteiger partial charge in [-0.3, -0.25) is 0 Å². The molecule has 17 heavy (non-hydrogen) atoms. The molecular formula is C15H30N2. The van der Waals surface area contributed by atoms with Crippen LogP contribution in [-0.4, -0.2) is 37.1 Å². The third-order valence-corrected chi connectivity index (χ3v) is 4.51. The summed E-state index contributed by atoms with van der Waals surface area (Å²) in [5.41, 5.74) is 0. The van der Waals surface area contributed by atoms with E-state index in [0.29, 0.717) is 0 Å². The Balaban J connectivity index is 1.69. The molecule has 3 unspecified atom stereocenters. The van der Waals surface area contributed by atoms with Crippen molar-refractivity contribution >= 4 is 0 Å². The van der Waals surface area contributed by atoms with Crippen LogP contribution in [0.4, 0.5) is 0 Å². The van der Waals surface area contributed by atoms with E-state index >= 15 is 0 Å². The van der Waals surface area contributed by atoms with E-state index in [0.717, 1.165) is 17.9 Å². The Labute approximate surface area is 107 Å². The second-order valence-electron chi connectivity index (χ2n) is 6.34. The van der Waals surface area contributed by atoms with E-state index in [1.54, 1.807) is 0 Å². The molecule has 0 bridgehead atoms. The molecule has 2 rings (SSSR count). The average Bonchev–Trinajstić information content (AvgIpc) is 2.73. The highest BCUT2D eigenvalue weighted by Crippen LogP contribution is 2.31. The molecule has 1 saturated heterocycles. The van der Waals surface area contributed by atoms with Crippen LogP contribution < -0.4 is 5.32 Å². The maximum absolute atomic E-state index is 3.69. The summed E-state index contributed by atoms with van der Waals surface area (Å²) in [4.78, 5) is 2.72. The first-order chi connectivity index (χ1) is 8.28. The van der Waals surface area contributed by atoms with Crippen LogP contribution in [0.5, 0.6) is 0 Å². The summed E-state index contributed by atoms with van der Waals surface area (Å²) in [6, 6.07) is 0.766. The molecule has 0 spiro atoms. The first-order valence-electron chi connectivity index (χ1n) is 7.73. The molecule has 2 fully saturated rings. The minimum atomic E-state index is 0.766. The second kappa shape index (κ2) is 6.75. The summed E-state index contributed by atoms with van der Waals surface area (Å²) in [6.45, 7) is 9.88. The van der Waals surface area contributed by atoms with Crippen LogP contribution in [-0.2, 0) is 0 Å². The molecule has 3 atom stereocenters. The molecule has 1 aliphatic heterocycles. The van der Waals surface area contributed by atoms with Crippen LogP contribution in [0.25, 0.3) is 0 Å². The molecule has 100 valence electrons. The molecule has 1 aliphatic carbocycles. The highest BCUT2D eigenvalue weighted by Gasteiger charge is 2.26. The Morgan fingerprint density at radius 1 is 1.24 bits per heavy atom. The fraction of sp³-hybridized carbons (Fsp3) is 1.00. The van der Waals surface area contributed by atoms with Crippen molar-refractivity contribution in [2.75, 3.05) is 26.2 Å². The quantitative estimate of drug-likeness (QED) is 0.792. The third-order valence-electron chi connectivity index (χ3n) is 4.51. The Kier molecular flexibility index (Phi) is 5.30. The van der Waals surface area contributed by atoms with Gasteiger partial charge in [-0.1, -0.05) is 20.3 Å². The minimum Gasteiger partial charge on any atom is -0.313 e. The molecule has 0 aromatic rings. The van der Waals surface area contributed by atoms with Crippen LogP contribution in [0, 0.1) is 11.8 Å². The SMILES string of the molecule is CCCNC1CCCN(CC2CCC(C)C2)C1. The van der Waals surface area contributed by atoms with Crippen molar-refractivity contribution in [3.63, 3.8) is 0 Å². The van der Waals surface area contributed by atoms with Gasteiger partial charge in [-0.15, -0.1) is 0 Å². The fourth-order valence-electron chi connectivity index (χ4n) is 3.59. The standard InChI is InChI=1S/C15H30N2/c1-3-8-16-15-5-4-9-17(12-15)11-14-7-6-13(2)10-14/h13-16H,3-12H2,1-2H3. The lowest BCUT2D eigenvalue weighted by molar-refractivity contribution is 0.165. The van der Waals surface area contributed by atoms with Crippen molar-refractivity contribution < 1.29 is 0 Å². The predicted molar refractivity (Wildman–Crippen MR) is 74.3 cm³/mol. The van der Waals surface area contributed by atoms with Gasteiger partial charge in [0.2, 0.25) is 0 Å². The summed E-state index contributed by atoms with van der Waals surface area (Å²) in [7, 11) is 0. The Hall–Kier alpha value is -0.0800. The normalized spacial score (nSPS) is 35.3. The van der Waals surface area contributed by atoms with Crippen LogP contribution >= 0.6 is 0 Å². The van der Waals surface area contributed by atoms with Crippen molar-refractivity contribution in [3.05, 3.63) is 0 Å². The number of piperidine rings is 1. The van der Waals surface area contributed by atoms with Gasteiger partial charge in [-0.2, -0.15) is 0 Å². The lowest BCUT2D eigenvalue weighted by Gasteiger charge is -2.34. The van der Waals surface area contributed by atoms with Crippen molar-refractivity contribution in [1.29, 1.82) is 0 Å². The highest BCUT2D eigenvalue weighted by atomic mass is 15.2. The van der Waals surface area contributed by atoms with E-state index in [9.17, 15) is 0 Å². The summed E-state index contributed by atoms with van der Waals surface area (Å²) in [5.74, 6) is 1.98. The number of likely N-dealkylation sites (tertiary alicyclic amines) is 1. The maximum Gasteiger partial charge on any atom is 0.0195 e. The zero-order valence-corrected chi connectivity index (χ0v) is 11.8. The van der Waals surface area contributed by atoms with Crippen LogP contribution in [0.2, 0.25) is 0 Å². The highest BCUT2D eigenvalue weighted by molar-refractivity contribution is 4.82. The van der Waals surface area contributed by atoms with E-state index in [4.69, 9.17) is 0 Å². The zero-order valence-electron chi connectivity index (χ0n) is 11.8. The van der Waals surface area contributed by atoms with Gasteiger partial charge >= 0.3 is 0 Å².